The van der Waals surface area contributed by atoms with E-state index in [0.717, 1.165) is 5.52 Å². The number of nitrogens with zero attached hydrogens (tertiary/aromatic N) is 3. The molecular formula is C20H26N4O5. The molecule has 1 unspecified atom stereocenters. The van der Waals surface area contributed by atoms with Crippen LogP contribution in [-0.2, 0) is 16.6 Å². The van der Waals surface area contributed by atoms with Crippen LogP contribution in [0.25, 0.3) is 10.9 Å². The Morgan fingerprint density at radius 3 is 2.41 bits per heavy atom. The number of carbonyl (C=O) groups excluding carboxylic acids is 1. The van der Waals surface area contributed by atoms with Gasteiger partial charge in [0.05, 0.1) is 12.1 Å². The van der Waals surface area contributed by atoms with Crippen molar-refractivity contribution in [2.24, 2.45) is 7.05 Å². The number of fused-ring (bicyclic) bond motifs is 1. The number of piperazine rings is 1. The highest BCUT2D eigenvalue weighted by Gasteiger charge is 2.33. The second-order valence-corrected chi connectivity index (χ2v) is 7.24. The Morgan fingerprint density at radius 2 is 1.83 bits per heavy atom. The monoisotopic (exact) mass is 402 g/mol. The summed E-state index contributed by atoms with van der Waals surface area (Å²) >= 11 is 0. The van der Waals surface area contributed by atoms with E-state index in [0.29, 0.717) is 50.2 Å². The highest BCUT2D eigenvalue weighted by Crippen LogP contribution is 2.31. The standard InChI is InChI=1S/C20H26N4O5/c1-3-21-17(25)12-23-6-8-24(9-7-23)18(20(28)29)15-11-22(2)16-5-4-13(19(26)27)10-14(15)16/h4-5,10-11,18H,3,6-9,12H2,1-2H3,(H,21,25)(H,26,27)(H,28,29). The molecule has 1 saturated heterocycles. The zero-order chi connectivity index (χ0) is 21.1. The number of likely N-dealkylation sites (N-methyl/N-ethyl adjacent to an activating group) is 1. The van der Waals surface area contributed by atoms with Crippen molar-refractivity contribution >= 4 is 28.7 Å². The van der Waals surface area contributed by atoms with Crippen LogP contribution < -0.4 is 5.32 Å². The van der Waals surface area contributed by atoms with Gasteiger partial charge >= 0.3 is 11.9 Å². The number of carbonyl (C=O) groups is 3. The Hall–Kier alpha value is -2.91. The lowest BCUT2D eigenvalue weighted by Crippen LogP contribution is -2.51. The van der Waals surface area contributed by atoms with Gasteiger partial charge in [0.2, 0.25) is 5.91 Å². The number of hydrogen-bond donors (Lipinski definition) is 3. The molecule has 3 rings (SSSR count). The molecule has 1 aliphatic rings. The first-order valence-electron chi connectivity index (χ1n) is 9.60. The van der Waals surface area contributed by atoms with E-state index in [4.69, 9.17) is 0 Å². The molecule has 1 aromatic carbocycles. The van der Waals surface area contributed by atoms with Crippen molar-refractivity contribution in [1.82, 2.24) is 19.7 Å². The molecule has 0 spiro atoms. The highest BCUT2D eigenvalue weighted by molar-refractivity contribution is 5.96. The van der Waals surface area contributed by atoms with Crippen LogP contribution in [0.3, 0.4) is 0 Å². The van der Waals surface area contributed by atoms with E-state index in [-0.39, 0.29) is 11.5 Å². The molecule has 1 amide bonds. The Bertz CT molecular complexity index is 930. The van der Waals surface area contributed by atoms with Crippen molar-refractivity contribution in [2.45, 2.75) is 13.0 Å². The summed E-state index contributed by atoms with van der Waals surface area (Å²) in [6.45, 7) is 4.94. The molecule has 3 N–H and O–H groups in total. The summed E-state index contributed by atoms with van der Waals surface area (Å²) in [5.41, 5.74) is 1.49. The summed E-state index contributed by atoms with van der Waals surface area (Å²) in [7, 11) is 1.81. The lowest BCUT2D eigenvalue weighted by molar-refractivity contribution is -0.144. The fourth-order valence-corrected chi connectivity index (χ4v) is 3.90. The molecule has 1 fully saturated rings. The smallest absolute Gasteiger partial charge is 0.335 e. The maximum atomic E-state index is 12.2. The molecule has 29 heavy (non-hydrogen) atoms. The van der Waals surface area contributed by atoms with Crippen molar-refractivity contribution in [3.8, 4) is 0 Å². The fraction of sp³-hybridized carbons (Fsp3) is 0.450. The van der Waals surface area contributed by atoms with Crippen LogP contribution in [0, 0.1) is 0 Å². The van der Waals surface area contributed by atoms with Crippen molar-refractivity contribution in [2.75, 3.05) is 39.3 Å². The first kappa shape index (κ1) is 20.8. The molecule has 156 valence electrons. The topological polar surface area (TPSA) is 115 Å². The van der Waals surface area contributed by atoms with E-state index in [1.807, 2.05) is 28.3 Å². The summed E-state index contributed by atoms with van der Waals surface area (Å²) in [6.07, 6.45) is 1.76. The van der Waals surface area contributed by atoms with Crippen molar-refractivity contribution < 1.29 is 24.6 Å². The molecule has 1 atom stereocenters. The Kier molecular flexibility index (Phi) is 6.19. The first-order chi connectivity index (χ1) is 13.8. The summed E-state index contributed by atoms with van der Waals surface area (Å²) in [5, 5.41) is 22.7. The minimum atomic E-state index is -1.05. The molecule has 1 aliphatic heterocycles. The predicted octanol–water partition coefficient (Wildman–Crippen LogP) is 0.756. The largest absolute Gasteiger partial charge is 0.480 e. The summed E-state index contributed by atoms with van der Waals surface area (Å²) in [6, 6.07) is 3.87. The molecule has 0 bridgehead atoms. The highest BCUT2D eigenvalue weighted by atomic mass is 16.4. The molecule has 9 heteroatoms. The van der Waals surface area contributed by atoms with Gasteiger partial charge in [-0.1, -0.05) is 0 Å². The number of carboxylic acids is 2. The van der Waals surface area contributed by atoms with E-state index in [2.05, 4.69) is 5.32 Å². The minimum absolute atomic E-state index is 0.0361. The average molecular weight is 402 g/mol. The van der Waals surface area contributed by atoms with Crippen LogP contribution >= 0.6 is 0 Å². The number of rotatable bonds is 7. The zero-order valence-electron chi connectivity index (χ0n) is 16.6. The Morgan fingerprint density at radius 1 is 1.14 bits per heavy atom. The number of hydrogen-bond acceptors (Lipinski definition) is 5. The number of nitrogens with one attached hydrogen (secondary N) is 1. The quantitative estimate of drug-likeness (QED) is 0.626. The van der Waals surface area contributed by atoms with Crippen LogP contribution in [0.5, 0.6) is 0 Å². The zero-order valence-corrected chi connectivity index (χ0v) is 16.6. The second kappa shape index (κ2) is 8.62. The third-order valence-corrected chi connectivity index (χ3v) is 5.31. The van der Waals surface area contributed by atoms with Crippen LogP contribution in [0.4, 0.5) is 0 Å². The van der Waals surface area contributed by atoms with Gasteiger partial charge < -0.3 is 20.1 Å². The maximum Gasteiger partial charge on any atom is 0.335 e. The SMILES string of the molecule is CCNC(=O)CN1CCN(C(C(=O)O)c2cn(C)c3ccc(C(=O)O)cc23)CC1. The van der Waals surface area contributed by atoms with Crippen LogP contribution in [-0.4, -0.2) is 81.7 Å². The van der Waals surface area contributed by atoms with Gasteiger partial charge in [-0.15, -0.1) is 0 Å². The number of aromatic nitrogens is 1. The average Bonchev–Trinajstić information content (AvgIpc) is 2.99. The molecule has 2 heterocycles. The maximum absolute atomic E-state index is 12.2. The van der Waals surface area contributed by atoms with E-state index < -0.39 is 18.0 Å². The minimum Gasteiger partial charge on any atom is -0.480 e. The lowest BCUT2D eigenvalue weighted by Gasteiger charge is -2.37. The number of aliphatic carboxylic acids is 1. The Labute approximate surface area is 168 Å². The van der Waals surface area contributed by atoms with Crippen LogP contribution in [0.15, 0.2) is 24.4 Å². The third-order valence-electron chi connectivity index (χ3n) is 5.31. The van der Waals surface area contributed by atoms with E-state index in [1.54, 1.807) is 12.3 Å². The number of amides is 1. The van der Waals surface area contributed by atoms with Gasteiger partial charge in [-0.3, -0.25) is 19.4 Å². The number of carboxylic acid groups (broad SMARTS) is 2. The summed E-state index contributed by atoms with van der Waals surface area (Å²) < 4.78 is 1.82. The van der Waals surface area contributed by atoms with Crippen LogP contribution in [0.2, 0.25) is 0 Å². The van der Waals surface area contributed by atoms with Gasteiger partial charge in [-0.25, -0.2) is 4.79 Å². The van der Waals surface area contributed by atoms with Gasteiger partial charge in [0.25, 0.3) is 0 Å². The molecule has 0 aliphatic carbocycles. The molecular weight excluding hydrogens is 376 g/mol. The lowest BCUT2D eigenvalue weighted by atomic mass is 10.0. The van der Waals surface area contributed by atoms with E-state index >= 15 is 0 Å². The summed E-state index contributed by atoms with van der Waals surface area (Å²) in [4.78, 5) is 39.2. The molecule has 0 saturated carbocycles. The van der Waals surface area contributed by atoms with Crippen molar-refractivity contribution in [1.29, 1.82) is 0 Å². The summed E-state index contributed by atoms with van der Waals surface area (Å²) in [5.74, 6) is -2.06. The first-order valence-corrected chi connectivity index (χ1v) is 9.60. The van der Waals surface area contributed by atoms with Crippen LogP contribution in [0.1, 0.15) is 28.9 Å². The van der Waals surface area contributed by atoms with Gasteiger partial charge in [-0.2, -0.15) is 0 Å². The number of aryl methyl sites for hydroxylation is 1. The van der Waals surface area contributed by atoms with Gasteiger partial charge in [0, 0.05) is 62.4 Å². The normalized spacial score (nSPS) is 16.6. The van der Waals surface area contributed by atoms with E-state index in [1.165, 1.54) is 12.1 Å². The van der Waals surface area contributed by atoms with Crippen molar-refractivity contribution in [3.05, 3.63) is 35.5 Å². The molecule has 0 radical (unpaired) electrons. The molecule has 9 nitrogen and oxygen atoms in total. The van der Waals surface area contributed by atoms with Crippen molar-refractivity contribution in [3.63, 3.8) is 0 Å². The number of aromatic carboxylic acids is 1. The number of benzene rings is 1. The predicted molar refractivity (Wildman–Crippen MR) is 107 cm³/mol. The fourth-order valence-electron chi connectivity index (χ4n) is 3.90. The molecule has 1 aromatic heterocycles. The van der Waals surface area contributed by atoms with Gasteiger partial charge in [-0.05, 0) is 25.1 Å². The van der Waals surface area contributed by atoms with Gasteiger partial charge in [0.1, 0.15) is 6.04 Å². The Balaban J connectivity index is 1.84. The van der Waals surface area contributed by atoms with Gasteiger partial charge in [0.15, 0.2) is 0 Å². The second-order valence-electron chi connectivity index (χ2n) is 7.24. The molecule has 2 aromatic rings. The third kappa shape index (κ3) is 4.41. The van der Waals surface area contributed by atoms with E-state index in [9.17, 15) is 24.6 Å².